The van der Waals surface area contributed by atoms with Crippen molar-refractivity contribution in [2.75, 3.05) is 16.9 Å². The summed E-state index contributed by atoms with van der Waals surface area (Å²) in [4.78, 5) is 17.1. The first-order valence-electron chi connectivity index (χ1n) is 8.56. The SMILES string of the molecule is Nn1c(SCC(=O)Nc2cc(C(F)(F)F)ccc2-n2cncn2)nnc1-c1cccs1. The van der Waals surface area contributed by atoms with Crippen molar-refractivity contribution in [3.8, 4) is 16.4 Å². The first-order chi connectivity index (χ1) is 14.8. The molecule has 0 bridgehead atoms. The first-order valence-corrected chi connectivity index (χ1v) is 10.4. The topological polar surface area (TPSA) is 117 Å². The Balaban J connectivity index is 1.51. The number of nitrogens with zero attached hydrogens (tertiary/aromatic N) is 6. The minimum absolute atomic E-state index is 0.0561. The molecule has 0 aliphatic carbocycles. The van der Waals surface area contributed by atoms with E-state index in [-0.39, 0.29) is 17.1 Å². The predicted octanol–water partition coefficient (Wildman–Crippen LogP) is 3.05. The third-order valence-corrected chi connectivity index (χ3v) is 5.81. The lowest BCUT2D eigenvalue weighted by Gasteiger charge is -2.14. The maximum atomic E-state index is 13.1. The number of nitrogen functional groups attached to an aromatic ring is 1. The lowest BCUT2D eigenvalue weighted by molar-refractivity contribution is -0.137. The maximum Gasteiger partial charge on any atom is 0.416 e. The summed E-state index contributed by atoms with van der Waals surface area (Å²) in [5.74, 6) is 5.74. The molecule has 0 aliphatic rings. The Bertz CT molecular complexity index is 1190. The quantitative estimate of drug-likeness (QED) is 0.331. The molecule has 0 spiro atoms. The van der Waals surface area contributed by atoms with Gasteiger partial charge in [0.05, 0.1) is 27.6 Å². The number of aromatic nitrogens is 6. The van der Waals surface area contributed by atoms with Gasteiger partial charge in [-0.2, -0.15) is 18.3 Å². The van der Waals surface area contributed by atoms with Crippen molar-refractivity contribution in [2.45, 2.75) is 11.3 Å². The molecule has 1 amide bonds. The highest BCUT2D eigenvalue weighted by Gasteiger charge is 2.31. The Hall–Kier alpha value is -3.39. The molecule has 0 saturated heterocycles. The van der Waals surface area contributed by atoms with Gasteiger partial charge in [0.15, 0.2) is 5.82 Å². The highest BCUT2D eigenvalue weighted by Crippen LogP contribution is 2.33. The summed E-state index contributed by atoms with van der Waals surface area (Å²) in [6, 6.07) is 6.64. The third kappa shape index (κ3) is 4.54. The van der Waals surface area contributed by atoms with E-state index in [1.54, 1.807) is 0 Å². The van der Waals surface area contributed by atoms with Crippen LogP contribution in [0.1, 0.15) is 5.56 Å². The zero-order chi connectivity index (χ0) is 22.0. The molecule has 4 rings (SSSR count). The molecule has 14 heteroatoms. The molecule has 0 unspecified atom stereocenters. The lowest BCUT2D eigenvalue weighted by Crippen LogP contribution is -2.18. The van der Waals surface area contributed by atoms with E-state index in [4.69, 9.17) is 5.84 Å². The molecule has 3 heterocycles. The summed E-state index contributed by atoms with van der Waals surface area (Å²) in [6.07, 6.45) is -2.02. The highest BCUT2D eigenvalue weighted by atomic mass is 32.2. The summed E-state index contributed by atoms with van der Waals surface area (Å²) in [7, 11) is 0. The van der Waals surface area contributed by atoms with Crippen molar-refractivity contribution >= 4 is 34.7 Å². The Morgan fingerprint density at radius 1 is 1.26 bits per heavy atom. The molecule has 9 nitrogen and oxygen atoms in total. The maximum absolute atomic E-state index is 13.1. The average molecular weight is 466 g/mol. The van der Waals surface area contributed by atoms with Gasteiger partial charge in [-0.25, -0.2) is 14.3 Å². The molecule has 1 aromatic carbocycles. The number of halogens is 3. The molecule has 0 fully saturated rings. The van der Waals surface area contributed by atoms with Gasteiger partial charge in [0.2, 0.25) is 11.1 Å². The van der Waals surface area contributed by atoms with Gasteiger partial charge in [-0.3, -0.25) is 4.79 Å². The fraction of sp³-hybridized carbons (Fsp3) is 0.118. The normalized spacial score (nSPS) is 11.6. The number of anilines is 1. The molecular formula is C17H13F3N8OS2. The van der Waals surface area contributed by atoms with Crippen molar-refractivity contribution in [1.82, 2.24) is 29.6 Å². The number of benzene rings is 1. The van der Waals surface area contributed by atoms with Crippen molar-refractivity contribution in [1.29, 1.82) is 0 Å². The zero-order valence-corrected chi connectivity index (χ0v) is 17.1. The highest BCUT2D eigenvalue weighted by molar-refractivity contribution is 7.99. The largest absolute Gasteiger partial charge is 0.416 e. The van der Waals surface area contributed by atoms with Crippen LogP contribution in [0.5, 0.6) is 0 Å². The number of hydrogen-bond donors (Lipinski definition) is 2. The van der Waals surface area contributed by atoms with E-state index in [9.17, 15) is 18.0 Å². The summed E-state index contributed by atoms with van der Waals surface area (Å²) in [5.41, 5.74) is -0.716. The van der Waals surface area contributed by atoms with Crippen LogP contribution in [-0.4, -0.2) is 41.3 Å². The van der Waals surface area contributed by atoms with Gasteiger partial charge in [-0.1, -0.05) is 17.8 Å². The van der Waals surface area contributed by atoms with Gasteiger partial charge >= 0.3 is 6.18 Å². The summed E-state index contributed by atoms with van der Waals surface area (Å²) < 4.78 is 41.9. The van der Waals surface area contributed by atoms with E-state index in [0.29, 0.717) is 11.0 Å². The van der Waals surface area contributed by atoms with Crippen LogP contribution in [0.25, 0.3) is 16.4 Å². The fourth-order valence-electron chi connectivity index (χ4n) is 2.61. The van der Waals surface area contributed by atoms with Crippen molar-refractivity contribution in [2.24, 2.45) is 0 Å². The Labute approximate surface area is 181 Å². The smallest absolute Gasteiger partial charge is 0.335 e. The van der Waals surface area contributed by atoms with E-state index in [0.717, 1.165) is 28.8 Å². The van der Waals surface area contributed by atoms with E-state index in [1.807, 2.05) is 17.5 Å². The van der Waals surface area contributed by atoms with Gasteiger partial charge in [0.25, 0.3) is 0 Å². The van der Waals surface area contributed by atoms with Crippen molar-refractivity contribution in [3.63, 3.8) is 0 Å². The number of carbonyl (C=O) groups excluding carboxylic acids is 1. The molecule has 31 heavy (non-hydrogen) atoms. The predicted molar refractivity (Wildman–Crippen MR) is 109 cm³/mol. The third-order valence-electron chi connectivity index (χ3n) is 4.00. The Morgan fingerprint density at radius 3 is 2.77 bits per heavy atom. The monoisotopic (exact) mass is 466 g/mol. The van der Waals surface area contributed by atoms with E-state index in [2.05, 4.69) is 25.6 Å². The van der Waals surface area contributed by atoms with Gasteiger partial charge < -0.3 is 11.2 Å². The molecule has 0 aliphatic heterocycles. The van der Waals surface area contributed by atoms with Crippen LogP contribution < -0.4 is 11.2 Å². The van der Waals surface area contributed by atoms with Gasteiger partial charge in [-0.15, -0.1) is 21.5 Å². The second-order valence-corrected chi connectivity index (χ2v) is 7.95. The lowest BCUT2D eigenvalue weighted by atomic mass is 10.1. The fourth-order valence-corrected chi connectivity index (χ4v) is 3.97. The molecular weight excluding hydrogens is 453 g/mol. The van der Waals surface area contributed by atoms with Crippen LogP contribution in [0.2, 0.25) is 0 Å². The molecule has 3 N–H and O–H groups in total. The molecule has 4 aromatic rings. The van der Waals surface area contributed by atoms with Crippen molar-refractivity contribution < 1.29 is 18.0 Å². The number of alkyl halides is 3. The Kier molecular flexibility index (Phi) is 5.65. The second kappa shape index (κ2) is 8.39. The van der Waals surface area contributed by atoms with Gasteiger partial charge in [0, 0.05) is 0 Å². The number of hydrogen-bond acceptors (Lipinski definition) is 8. The van der Waals surface area contributed by atoms with Gasteiger partial charge in [0.1, 0.15) is 12.7 Å². The van der Waals surface area contributed by atoms with Crippen LogP contribution in [-0.2, 0) is 11.0 Å². The molecule has 160 valence electrons. The van der Waals surface area contributed by atoms with Gasteiger partial charge in [-0.05, 0) is 29.6 Å². The first kappa shape index (κ1) is 20.9. The second-order valence-electron chi connectivity index (χ2n) is 6.06. The number of amides is 1. The number of thiophene rings is 1. The number of nitrogens with one attached hydrogen (secondary N) is 1. The number of rotatable bonds is 6. The molecule has 0 radical (unpaired) electrons. The number of carbonyl (C=O) groups is 1. The molecule has 0 atom stereocenters. The minimum atomic E-state index is -4.57. The Morgan fingerprint density at radius 2 is 2.10 bits per heavy atom. The number of nitrogens with two attached hydrogens (primary N) is 1. The summed E-state index contributed by atoms with van der Waals surface area (Å²) in [5, 5.41) is 16.5. The minimum Gasteiger partial charge on any atom is -0.335 e. The van der Waals surface area contributed by atoms with E-state index in [1.165, 1.54) is 39.4 Å². The van der Waals surface area contributed by atoms with Crippen LogP contribution in [0.15, 0.2) is 53.5 Å². The zero-order valence-electron chi connectivity index (χ0n) is 15.4. The average Bonchev–Trinajstić information content (AvgIpc) is 3.48. The summed E-state index contributed by atoms with van der Waals surface area (Å²) >= 11 is 2.44. The van der Waals surface area contributed by atoms with E-state index >= 15 is 0 Å². The number of thioether (sulfide) groups is 1. The molecule has 3 aromatic heterocycles. The van der Waals surface area contributed by atoms with Crippen LogP contribution >= 0.6 is 23.1 Å². The van der Waals surface area contributed by atoms with E-state index < -0.39 is 17.6 Å². The molecule has 0 saturated carbocycles. The van der Waals surface area contributed by atoms with Crippen molar-refractivity contribution in [3.05, 3.63) is 53.9 Å². The summed E-state index contributed by atoms with van der Waals surface area (Å²) in [6.45, 7) is 0. The van der Waals surface area contributed by atoms with Crippen LogP contribution in [0.3, 0.4) is 0 Å². The van der Waals surface area contributed by atoms with Crippen LogP contribution in [0, 0.1) is 0 Å². The standard InChI is InChI=1S/C17H13F3N8OS2/c18-17(19,20)10-3-4-12(27-9-22-8-23-27)11(6-10)24-14(29)7-31-16-26-25-15(28(16)21)13-2-1-5-30-13/h1-6,8-9H,7,21H2,(H,24,29). The van der Waals surface area contributed by atoms with Crippen LogP contribution in [0.4, 0.5) is 18.9 Å².